The fourth-order valence-corrected chi connectivity index (χ4v) is 2.58. The first-order chi connectivity index (χ1) is 8.58. The molecule has 0 aromatic heterocycles. The number of hydrogen-bond donors (Lipinski definition) is 1. The number of nitrogens with zero attached hydrogens (tertiary/aromatic N) is 1. The predicted octanol–water partition coefficient (Wildman–Crippen LogP) is -0.474. The second-order valence-corrected chi connectivity index (χ2v) is 4.75. The topological polar surface area (TPSA) is 67.9 Å². The number of rotatable bonds is 5. The van der Waals surface area contributed by atoms with Crippen molar-refractivity contribution in [3.8, 4) is 0 Å². The molecule has 2 aliphatic rings. The normalized spacial score (nSPS) is 36.1. The Kier molecular flexibility index (Phi) is 3.99. The van der Waals surface area contributed by atoms with Gasteiger partial charge in [0.15, 0.2) is 0 Å². The molecule has 102 valence electrons. The van der Waals surface area contributed by atoms with Crippen molar-refractivity contribution in [1.82, 2.24) is 10.2 Å². The minimum Gasteiger partial charge on any atom is -0.377 e. The first kappa shape index (κ1) is 13.5. The van der Waals surface area contributed by atoms with Crippen LogP contribution >= 0.6 is 0 Å². The highest BCUT2D eigenvalue weighted by atomic mass is 16.5. The van der Waals surface area contributed by atoms with Gasteiger partial charge in [-0.1, -0.05) is 0 Å². The van der Waals surface area contributed by atoms with E-state index < -0.39 is 6.04 Å². The van der Waals surface area contributed by atoms with E-state index in [0.29, 0.717) is 6.61 Å². The maximum Gasteiger partial charge on any atom is 0.246 e. The molecule has 1 heterocycles. The van der Waals surface area contributed by atoms with Crippen molar-refractivity contribution in [3.05, 3.63) is 0 Å². The van der Waals surface area contributed by atoms with Crippen molar-refractivity contribution in [1.29, 1.82) is 0 Å². The van der Waals surface area contributed by atoms with Crippen LogP contribution in [0.5, 0.6) is 0 Å². The van der Waals surface area contributed by atoms with E-state index in [9.17, 15) is 9.59 Å². The third-order valence-corrected chi connectivity index (χ3v) is 3.70. The minimum absolute atomic E-state index is 0.0428. The molecular formula is C12H20N2O4. The van der Waals surface area contributed by atoms with Gasteiger partial charge in [0, 0.05) is 26.8 Å². The van der Waals surface area contributed by atoms with Crippen LogP contribution in [0.1, 0.15) is 19.8 Å². The van der Waals surface area contributed by atoms with E-state index in [1.807, 2.05) is 6.92 Å². The fraction of sp³-hybridized carbons (Fsp3) is 0.833. The van der Waals surface area contributed by atoms with Crippen LogP contribution in [0.15, 0.2) is 0 Å². The average Bonchev–Trinajstić information content (AvgIpc) is 2.56. The Balaban J connectivity index is 1.88. The van der Waals surface area contributed by atoms with Crippen LogP contribution in [-0.2, 0) is 19.1 Å². The summed E-state index contributed by atoms with van der Waals surface area (Å²) in [5.74, 6) is -0.290. The molecule has 1 N–H and O–H groups in total. The van der Waals surface area contributed by atoms with E-state index in [4.69, 9.17) is 9.47 Å². The molecule has 6 nitrogen and oxygen atoms in total. The lowest BCUT2D eigenvalue weighted by Crippen LogP contribution is -2.62. The van der Waals surface area contributed by atoms with Crippen molar-refractivity contribution in [2.45, 2.75) is 44.1 Å². The van der Waals surface area contributed by atoms with Gasteiger partial charge in [-0.05, 0) is 13.3 Å². The Morgan fingerprint density at radius 2 is 2.17 bits per heavy atom. The van der Waals surface area contributed by atoms with Crippen molar-refractivity contribution < 1.29 is 19.1 Å². The zero-order valence-corrected chi connectivity index (χ0v) is 11.0. The molecule has 0 aromatic carbocycles. The molecule has 18 heavy (non-hydrogen) atoms. The molecule has 0 bridgehead atoms. The van der Waals surface area contributed by atoms with Gasteiger partial charge in [-0.3, -0.25) is 19.8 Å². The predicted molar refractivity (Wildman–Crippen MR) is 63.9 cm³/mol. The van der Waals surface area contributed by atoms with E-state index in [0.717, 1.165) is 6.42 Å². The first-order valence-corrected chi connectivity index (χ1v) is 6.29. The Labute approximate surface area is 107 Å². The number of carbonyl (C=O) groups excluding carboxylic acids is 2. The number of hydrogen-bond acceptors (Lipinski definition) is 5. The van der Waals surface area contributed by atoms with Crippen LogP contribution in [0.2, 0.25) is 0 Å². The van der Waals surface area contributed by atoms with Gasteiger partial charge in [-0.25, -0.2) is 0 Å². The quantitative estimate of drug-likeness (QED) is 0.673. The van der Waals surface area contributed by atoms with Gasteiger partial charge in [0.2, 0.25) is 11.8 Å². The number of amides is 2. The lowest BCUT2D eigenvalue weighted by Gasteiger charge is -2.44. The highest BCUT2D eigenvalue weighted by molar-refractivity contribution is 6.05. The van der Waals surface area contributed by atoms with Crippen molar-refractivity contribution in [3.63, 3.8) is 0 Å². The monoisotopic (exact) mass is 256 g/mol. The summed E-state index contributed by atoms with van der Waals surface area (Å²) < 4.78 is 10.9. The number of carbonyl (C=O) groups is 2. The van der Waals surface area contributed by atoms with E-state index in [2.05, 4.69) is 5.32 Å². The lowest BCUT2D eigenvalue weighted by molar-refractivity contribution is -0.141. The van der Waals surface area contributed by atoms with Crippen molar-refractivity contribution in [2.75, 3.05) is 20.8 Å². The van der Waals surface area contributed by atoms with Gasteiger partial charge in [0.1, 0.15) is 0 Å². The largest absolute Gasteiger partial charge is 0.377 e. The van der Waals surface area contributed by atoms with Gasteiger partial charge in [0.05, 0.1) is 24.7 Å². The molecule has 0 aromatic rings. The number of nitrogens with one attached hydrogen (secondary N) is 1. The summed E-state index contributed by atoms with van der Waals surface area (Å²) in [7, 11) is 3.15. The van der Waals surface area contributed by atoms with Crippen LogP contribution in [0.25, 0.3) is 0 Å². The van der Waals surface area contributed by atoms with Crippen LogP contribution in [0, 0.1) is 0 Å². The van der Waals surface area contributed by atoms with Gasteiger partial charge in [0.25, 0.3) is 0 Å². The van der Waals surface area contributed by atoms with E-state index >= 15 is 0 Å². The van der Waals surface area contributed by atoms with Crippen molar-refractivity contribution in [2.24, 2.45) is 0 Å². The lowest BCUT2D eigenvalue weighted by atomic mass is 9.84. The summed E-state index contributed by atoms with van der Waals surface area (Å²) in [4.78, 5) is 24.4. The maximum atomic E-state index is 11.8. The van der Waals surface area contributed by atoms with Crippen LogP contribution < -0.4 is 5.32 Å². The number of likely N-dealkylation sites (N-methyl/N-ethyl adjacent to an activating group) is 1. The first-order valence-electron chi connectivity index (χ1n) is 6.29. The summed E-state index contributed by atoms with van der Waals surface area (Å²) in [5, 5.41) is 3.20. The summed E-state index contributed by atoms with van der Waals surface area (Å²) in [6.07, 6.45) is 1.09. The summed E-state index contributed by atoms with van der Waals surface area (Å²) in [6, 6.07) is -0.326. The Bertz CT molecular complexity index is 347. The zero-order chi connectivity index (χ0) is 13.3. The average molecular weight is 256 g/mol. The molecule has 4 unspecified atom stereocenters. The fourth-order valence-electron chi connectivity index (χ4n) is 2.58. The van der Waals surface area contributed by atoms with Crippen LogP contribution in [-0.4, -0.2) is 61.8 Å². The van der Waals surface area contributed by atoms with Gasteiger partial charge in [-0.15, -0.1) is 0 Å². The Morgan fingerprint density at radius 1 is 1.44 bits per heavy atom. The number of imide groups is 1. The highest BCUT2D eigenvalue weighted by Gasteiger charge is 2.46. The molecule has 6 heteroatoms. The SMILES string of the molecule is CCOC1CC(NC2CC(=O)N(C)C2=O)C1OC. The van der Waals surface area contributed by atoms with Gasteiger partial charge in [-0.2, -0.15) is 0 Å². The van der Waals surface area contributed by atoms with E-state index in [-0.39, 0.29) is 36.5 Å². The Morgan fingerprint density at radius 3 is 2.67 bits per heavy atom. The minimum atomic E-state index is -0.410. The summed E-state index contributed by atoms with van der Waals surface area (Å²) >= 11 is 0. The molecule has 1 aliphatic carbocycles. The number of methoxy groups -OCH3 is 1. The second-order valence-electron chi connectivity index (χ2n) is 4.75. The summed E-state index contributed by atoms with van der Waals surface area (Å²) in [5.41, 5.74) is 0. The zero-order valence-electron chi connectivity index (χ0n) is 11.0. The van der Waals surface area contributed by atoms with E-state index in [1.165, 1.54) is 11.9 Å². The van der Waals surface area contributed by atoms with Gasteiger partial charge >= 0.3 is 0 Å². The van der Waals surface area contributed by atoms with E-state index in [1.54, 1.807) is 7.11 Å². The summed E-state index contributed by atoms with van der Waals surface area (Å²) in [6.45, 7) is 2.60. The third-order valence-electron chi connectivity index (χ3n) is 3.70. The second kappa shape index (κ2) is 5.34. The molecule has 1 saturated heterocycles. The smallest absolute Gasteiger partial charge is 0.246 e. The molecule has 4 atom stereocenters. The van der Waals surface area contributed by atoms with Crippen molar-refractivity contribution >= 4 is 11.8 Å². The maximum absolute atomic E-state index is 11.8. The molecule has 2 amide bonds. The Hall–Kier alpha value is -0.980. The third kappa shape index (κ3) is 2.28. The molecule has 0 radical (unpaired) electrons. The van der Waals surface area contributed by atoms with Crippen LogP contribution in [0.4, 0.5) is 0 Å². The molecule has 1 aliphatic heterocycles. The molecule has 2 fully saturated rings. The molecule has 2 rings (SSSR count). The number of ether oxygens (including phenoxy) is 2. The molecular weight excluding hydrogens is 236 g/mol. The standard InChI is InChI=1S/C12H20N2O4/c1-4-18-9-5-7(11(9)17-3)13-8-6-10(15)14(2)12(8)16/h7-9,11,13H,4-6H2,1-3H3. The number of likely N-dealkylation sites (tertiary alicyclic amines) is 1. The van der Waals surface area contributed by atoms with Gasteiger partial charge < -0.3 is 9.47 Å². The molecule has 1 saturated carbocycles. The highest BCUT2D eigenvalue weighted by Crippen LogP contribution is 2.28. The van der Waals surface area contributed by atoms with Crippen LogP contribution in [0.3, 0.4) is 0 Å². The molecule has 0 spiro atoms.